The van der Waals surface area contributed by atoms with Crippen molar-refractivity contribution in [1.29, 1.82) is 0 Å². The van der Waals surface area contributed by atoms with Crippen LogP contribution in [-0.2, 0) is 17.8 Å². The third-order valence-electron chi connectivity index (χ3n) is 6.34. The number of aryl methyl sites for hydroxylation is 1. The molecular formula is C25H29N5O3S. The van der Waals surface area contributed by atoms with Crippen molar-refractivity contribution in [2.75, 3.05) is 45.6 Å². The number of aromatic nitrogens is 3. The zero-order valence-electron chi connectivity index (χ0n) is 19.6. The zero-order chi connectivity index (χ0) is 23.5. The molecule has 3 heterocycles. The largest absolute Gasteiger partial charge is 0.497 e. The predicted molar refractivity (Wildman–Crippen MR) is 131 cm³/mol. The Balaban J connectivity index is 1.14. The lowest BCUT2D eigenvalue weighted by Gasteiger charge is -2.34. The van der Waals surface area contributed by atoms with Crippen LogP contribution in [0.5, 0.6) is 11.5 Å². The van der Waals surface area contributed by atoms with Gasteiger partial charge in [0.15, 0.2) is 5.16 Å². The van der Waals surface area contributed by atoms with Crippen LogP contribution in [0, 0.1) is 6.92 Å². The van der Waals surface area contributed by atoms with E-state index in [0.29, 0.717) is 5.75 Å². The van der Waals surface area contributed by atoms with Crippen molar-refractivity contribution in [2.24, 2.45) is 0 Å². The lowest BCUT2D eigenvalue weighted by atomic mass is 10.1. The van der Waals surface area contributed by atoms with Gasteiger partial charge in [-0.25, -0.2) is 0 Å². The molecule has 2 aliphatic rings. The second-order valence-corrected chi connectivity index (χ2v) is 9.49. The average Bonchev–Trinajstić information content (AvgIpc) is 3.49. The monoisotopic (exact) mass is 479 g/mol. The maximum absolute atomic E-state index is 12.9. The Morgan fingerprint density at radius 1 is 1.09 bits per heavy atom. The summed E-state index contributed by atoms with van der Waals surface area (Å²) in [6.45, 7) is 6.86. The number of rotatable bonds is 7. The van der Waals surface area contributed by atoms with E-state index < -0.39 is 0 Å². The molecule has 1 fully saturated rings. The molecule has 2 aliphatic heterocycles. The standard InChI is InChI=1S/C25H29N5O3S/c1-18-26-27-25(30(18)21-4-6-22(32-2)7-5-21)34-17-24(31)29-12-10-28(11-13-29)16-19-3-8-23-20(15-19)9-14-33-23/h3-8,15H,9-14,16-17H2,1-2H3. The fourth-order valence-electron chi connectivity index (χ4n) is 4.43. The van der Waals surface area contributed by atoms with Crippen molar-refractivity contribution < 1.29 is 14.3 Å². The second-order valence-electron chi connectivity index (χ2n) is 8.55. The van der Waals surface area contributed by atoms with E-state index in [1.807, 2.05) is 40.7 Å². The fourth-order valence-corrected chi connectivity index (χ4v) is 5.33. The summed E-state index contributed by atoms with van der Waals surface area (Å²) >= 11 is 1.43. The number of ether oxygens (including phenoxy) is 2. The molecule has 3 aromatic rings. The Morgan fingerprint density at radius 3 is 2.65 bits per heavy atom. The first kappa shape index (κ1) is 22.7. The molecule has 8 nitrogen and oxygen atoms in total. The minimum absolute atomic E-state index is 0.140. The molecule has 0 aliphatic carbocycles. The molecule has 9 heteroatoms. The summed E-state index contributed by atoms with van der Waals surface area (Å²) in [5.74, 6) is 3.09. The van der Waals surface area contributed by atoms with Crippen LogP contribution in [0.4, 0.5) is 0 Å². The van der Waals surface area contributed by atoms with Crippen LogP contribution in [0.25, 0.3) is 5.69 Å². The number of amides is 1. The van der Waals surface area contributed by atoms with Gasteiger partial charge in [0.2, 0.25) is 5.91 Å². The Morgan fingerprint density at radius 2 is 1.88 bits per heavy atom. The number of fused-ring (bicyclic) bond motifs is 1. The summed E-state index contributed by atoms with van der Waals surface area (Å²) in [6.07, 6.45) is 0.995. The van der Waals surface area contributed by atoms with Crippen molar-refractivity contribution >= 4 is 17.7 Å². The average molecular weight is 480 g/mol. The van der Waals surface area contributed by atoms with Crippen LogP contribution >= 0.6 is 11.8 Å². The molecule has 0 atom stereocenters. The van der Waals surface area contributed by atoms with E-state index in [9.17, 15) is 4.79 Å². The third-order valence-corrected chi connectivity index (χ3v) is 7.25. The SMILES string of the molecule is COc1ccc(-n2c(C)nnc2SCC(=O)N2CCN(Cc3ccc4c(c3)CCO4)CC2)cc1. The fraction of sp³-hybridized carbons (Fsp3) is 0.400. The quantitative estimate of drug-likeness (QED) is 0.483. The molecule has 1 aromatic heterocycles. The summed E-state index contributed by atoms with van der Waals surface area (Å²) < 4.78 is 12.8. The first-order valence-corrected chi connectivity index (χ1v) is 12.5. The normalized spacial score (nSPS) is 15.8. The minimum Gasteiger partial charge on any atom is -0.497 e. The van der Waals surface area contributed by atoms with Gasteiger partial charge in [0.05, 0.1) is 19.5 Å². The summed E-state index contributed by atoms with van der Waals surface area (Å²) in [6, 6.07) is 14.2. The lowest BCUT2D eigenvalue weighted by molar-refractivity contribution is -0.130. The van der Waals surface area contributed by atoms with Crippen LogP contribution in [0.1, 0.15) is 17.0 Å². The number of piperazine rings is 1. The van der Waals surface area contributed by atoms with E-state index in [1.54, 1.807) is 7.11 Å². The van der Waals surface area contributed by atoms with Gasteiger partial charge in [0, 0.05) is 44.8 Å². The van der Waals surface area contributed by atoms with E-state index >= 15 is 0 Å². The van der Waals surface area contributed by atoms with E-state index in [1.165, 1.54) is 22.9 Å². The zero-order valence-corrected chi connectivity index (χ0v) is 20.4. The molecule has 34 heavy (non-hydrogen) atoms. The number of thioether (sulfide) groups is 1. The minimum atomic E-state index is 0.140. The number of carbonyl (C=O) groups is 1. The Bertz CT molecular complexity index is 1160. The number of benzene rings is 2. The summed E-state index contributed by atoms with van der Waals surface area (Å²) in [5.41, 5.74) is 3.57. The molecule has 0 saturated carbocycles. The van der Waals surface area contributed by atoms with Crippen molar-refractivity contribution in [3.8, 4) is 17.2 Å². The molecule has 0 unspecified atom stereocenters. The topological polar surface area (TPSA) is 72.7 Å². The first-order valence-electron chi connectivity index (χ1n) is 11.5. The van der Waals surface area contributed by atoms with Gasteiger partial charge < -0.3 is 14.4 Å². The maximum Gasteiger partial charge on any atom is 0.233 e. The molecule has 2 aromatic carbocycles. The Hall–Kier alpha value is -3.04. The summed E-state index contributed by atoms with van der Waals surface area (Å²) in [4.78, 5) is 17.3. The molecular weight excluding hydrogens is 450 g/mol. The van der Waals surface area contributed by atoms with Gasteiger partial charge in [-0.3, -0.25) is 14.3 Å². The Kier molecular flexibility index (Phi) is 6.73. The maximum atomic E-state index is 12.9. The molecule has 0 spiro atoms. The van der Waals surface area contributed by atoms with Gasteiger partial charge in [-0.05, 0) is 48.4 Å². The number of hydrogen-bond donors (Lipinski definition) is 0. The van der Waals surface area contributed by atoms with Crippen LogP contribution in [0.3, 0.4) is 0 Å². The van der Waals surface area contributed by atoms with Gasteiger partial charge in [0.25, 0.3) is 0 Å². The van der Waals surface area contributed by atoms with E-state index in [-0.39, 0.29) is 5.91 Å². The number of nitrogens with zero attached hydrogens (tertiary/aromatic N) is 5. The highest BCUT2D eigenvalue weighted by Crippen LogP contribution is 2.27. The van der Waals surface area contributed by atoms with E-state index in [0.717, 1.165) is 73.9 Å². The molecule has 178 valence electrons. The van der Waals surface area contributed by atoms with Crippen LogP contribution in [-0.4, -0.2) is 76.1 Å². The van der Waals surface area contributed by atoms with Gasteiger partial charge in [-0.15, -0.1) is 10.2 Å². The highest BCUT2D eigenvalue weighted by Gasteiger charge is 2.23. The third kappa shape index (κ3) is 4.90. The molecule has 5 rings (SSSR count). The first-order chi connectivity index (χ1) is 16.6. The van der Waals surface area contributed by atoms with E-state index in [2.05, 4.69) is 33.3 Å². The van der Waals surface area contributed by atoms with Crippen molar-refractivity contribution in [1.82, 2.24) is 24.6 Å². The number of carbonyl (C=O) groups excluding carboxylic acids is 1. The van der Waals surface area contributed by atoms with Crippen molar-refractivity contribution in [3.63, 3.8) is 0 Å². The van der Waals surface area contributed by atoms with Gasteiger partial charge in [0.1, 0.15) is 17.3 Å². The summed E-state index contributed by atoms with van der Waals surface area (Å²) in [7, 11) is 1.65. The number of hydrogen-bond acceptors (Lipinski definition) is 7. The highest BCUT2D eigenvalue weighted by molar-refractivity contribution is 7.99. The van der Waals surface area contributed by atoms with Gasteiger partial charge >= 0.3 is 0 Å². The molecule has 0 N–H and O–H groups in total. The highest BCUT2D eigenvalue weighted by atomic mass is 32.2. The Labute approximate surface area is 203 Å². The van der Waals surface area contributed by atoms with Crippen molar-refractivity contribution in [3.05, 3.63) is 59.4 Å². The molecule has 0 bridgehead atoms. The van der Waals surface area contributed by atoms with Gasteiger partial charge in [-0.1, -0.05) is 23.9 Å². The molecule has 1 amide bonds. The molecule has 0 radical (unpaired) electrons. The van der Waals surface area contributed by atoms with Gasteiger partial charge in [-0.2, -0.15) is 0 Å². The predicted octanol–water partition coefficient (Wildman–Crippen LogP) is 2.96. The van der Waals surface area contributed by atoms with Crippen LogP contribution < -0.4 is 9.47 Å². The van der Waals surface area contributed by atoms with Crippen LogP contribution in [0.15, 0.2) is 47.6 Å². The smallest absolute Gasteiger partial charge is 0.233 e. The van der Waals surface area contributed by atoms with Crippen LogP contribution in [0.2, 0.25) is 0 Å². The van der Waals surface area contributed by atoms with Crippen molar-refractivity contribution in [2.45, 2.75) is 25.0 Å². The lowest BCUT2D eigenvalue weighted by Crippen LogP contribution is -2.48. The van der Waals surface area contributed by atoms with E-state index in [4.69, 9.17) is 9.47 Å². The second kappa shape index (κ2) is 10.1. The molecule has 1 saturated heterocycles. The summed E-state index contributed by atoms with van der Waals surface area (Å²) in [5, 5.41) is 9.23. The number of methoxy groups -OCH3 is 1.